The predicted molar refractivity (Wildman–Crippen MR) is 135 cm³/mol. The van der Waals surface area contributed by atoms with Crippen LogP contribution in [0.2, 0.25) is 0 Å². The van der Waals surface area contributed by atoms with E-state index in [4.69, 9.17) is 9.47 Å². The van der Waals surface area contributed by atoms with Gasteiger partial charge in [-0.3, -0.25) is 19.7 Å². The summed E-state index contributed by atoms with van der Waals surface area (Å²) in [5.41, 5.74) is 1.46. The molecule has 2 aliphatic rings. The number of esters is 1. The maximum absolute atomic E-state index is 13.1. The van der Waals surface area contributed by atoms with Crippen molar-refractivity contribution in [2.24, 2.45) is 11.8 Å². The number of ether oxygens (including phenoxy) is 2. The molecule has 0 aromatic heterocycles. The molecule has 196 valence electrons. The molecule has 0 bridgehead atoms. The van der Waals surface area contributed by atoms with E-state index in [0.717, 1.165) is 12.8 Å². The number of methoxy groups -OCH3 is 1. The Morgan fingerprint density at radius 1 is 1.05 bits per heavy atom. The number of rotatable bonds is 9. The van der Waals surface area contributed by atoms with Gasteiger partial charge in [-0.25, -0.2) is 4.79 Å². The van der Waals surface area contributed by atoms with Gasteiger partial charge in [0.2, 0.25) is 17.7 Å². The largest absolute Gasteiger partial charge is 0.495 e. The van der Waals surface area contributed by atoms with Crippen molar-refractivity contribution in [2.75, 3.05) is 24.4 Å². The van der Waals surface area contributed by atoms with Crippen molar-refractivity contribution in [3.63, 3.8) is 0 Å². The first-order valence-corrected chi connectivity index (χ1v) is 12.2. The minimum Gasteiger partial charge on any atom is -0.495 e. The van der Waals surface area contributed by atoms with Crippen molar-refractivity contribution < 1.29 is 28.7 Å². The third kappa shape index (κ3) is 6.18. The van der Waals surface area contributed by atoms with E-state index in [1.165, 1.54) is 0 Å². The summed E-state index contributed by atoms with van der Waals surface area (Å²) < 4.78 is 10.5. The summed E-state index contributed by atoms with van der Waals surface area (Å²) in [5.74, 6) is -2.73. The van der Waals surface area contributed by atoms with E-state index < -0.39 is 36.2 Å². The number of carbonyl (C=O) groups excluding carboxylic acids is 4. The monoisotopic (exact) mass is 509 g/mol. The molecule has 11 heteroatoms. The number of hydrogen-bond acceptors (Lipinski definition) is 8. The van der Waals surface area contributed by atoms with E-state index in [9.17, 15) is 19.2 Å². The number of amides is 3. The molecule has 4 unspecified atom stereocenters. The fraction of sp³-hybridized carbons (Fsp3) is 0.385. The van der Waals surface area contributed by atoms with E-state index in [2.05, 4.69) is 26.6 Å². The van der Waals surface area contributed by atoms with Gasteiger partial charge in [-0.15, -0.1) is 0 Å². The summed E-state index contributed by atoms with van der Waals surface area (Å²) >= 11 is 0. The Kier molecular flexibility index (Phi) is 8.24. The summed E-state index contributed by atoms with van der Waals surface area (Å²) in [6, 6.07) is 13.5. The van der Waals surface area contributed by atoms with Crippen molar-refractivity contribution in [3.05, 3.63) is 54.1 Å². The van der Waals surface area contributed by atoms with Crippen molar-refractivity contribution in [3.8, 4) is 5.75 Å². The van der Waals surface area contributed by atoms with E-state index in [0.29, 0.717) is 29.3 Å². The molecule has 37 heavy (non-hydrogen) atoms. The SMILES string of the molecule is CCCCOC(=O)c1ccc(NC(=O)C2CC(=O)NC3NC(Nc4ccccc4OC)NC(=O)C32)cc1. The van der Waals surface area contributed by atoms with Crippen molar-refractivity contribution in [1.29, 1.82) is 0 Å². The van der Waals surface area contributed by atoms with E-state index in [1.807, 2.05) is 19.1 Å². The quantitative estimate of drug-likeness (QED) is 0.254. The fourth-order valence-corrected chi connectivity index (χ4v) is 4.39. The lowest BCUT2D eigenvalue weighted by Gasteiger charge is -2.43. The molecule has 2 aromatic carbocycles. The minimum atomic E-state index is -0.892. The highest BCUT2D eigenvalue weighted by atomic mass is 16.5. The molecule has 0 aliphatic carbocycles. The number of nitrogens with one attached hydrogen (secondary N) is 5. The number of piperidine rings is 1. The minimum absolute atomic E-state index is 0.130. The van der Waals surface area contributed by atoms with Gasteiger partial charge in [0.1, 0.15) is 5.75 Å². The summed E-state index contributed by atoms with van der Waals surface area (Å²) in [5, 5.41) is 14.6. The topological polar surface area (TPSA) is 147 Å². The number of carbonyl (C=O) groups is 4. The molecule has 4 rings (SSSR count). The van der Waals surface area contributed by atoms with Crippen LogP contribution in [0, 0.1) is 11.8 Å². The maximum atomic E-state index is 13.1. The molecule has 3 amide bonds. The number of hydrogen-bond donors (Lipinski definition) is 5. The van der Waals surface area contributed by atoms with Gasteiger partial charge in [0.25, 0.3) is 0 Å². The first-order valence-electron chi connectivity index (χ1n) is 12.2. The van der Waals surface area contributed by atoms with E-state index in [-0.39, 0.29) is 18.2 Å². The molecule has 0 spiro atoms. The normalized spacial score (nSPS) is 22.6. The molecular formula is C26H31N5O6. The number of unbranched alkanes of at least 4 members (excludes halogenated alkanes) is 1. The molecule has 2 fully saturated rings. The lowest BCUT2D eigenvalue weighted by molar-refractivity contribution is -0.144. The standard InChI is InChI=1S/C26H31N5O6/c1-3-4-13-37-25(35)15-9-11-16(12-10-15)27-23(33)17-14-20(32)29-22-21(17)24(34)31-26(30-22)28-18-7-5-6-8-19(18)36-2/h5-12,17,21-22,26,28,30H,3-4,13-14H2,1-2H3,(H,27,33)(H,29,32)(H,31,34). The number of para-hydroxylation sites is 2. The van der Waals surface area contributed by atoms with Crippen LogP contribution in [0.25, 0.3) is 0 Å². The Morgan fingerprint density at radius 2 is 1.81 bits per heavy atom. The summed E-state index contributed by atoms with van der Waals surface area (Å²) in [6.45, 7) is 2.36. The molecule has 5 N–H and O–H groups in total. The second-order valence-corrected chi connectivity index (χ2v) is 8.89. The van der Waals surface area contributed by atoms with Crippen LogP contribution in [0.3, 0.4) is 0 Å². The Balaban J connectivity index is 1.40. The van der Waals surface area contributed by atoms with Gasteiger partial charge in [0, 0.05) is 12.1 Å². The van der Waals surface area contributed by atoms with Crippen molar-refractivity contribution >= 4 is 35.1 Å². The van der Waals surface area contributed by atoms with E-state index >= 15 is 0 Å². The summed E-state index contributed by atoms with van der Waals surface area (Å²) in [4.78, 5) is 50.7. The second kappa shape index (κ2) is 11.7. The van der Waals surface area contributed by atoms with Gasteiger partial charge < -0.3 is 30.7 Å². The summed E-state index contributed by atoms with van der Waals surface area (Å²) in [7, 11) is 1.54. The summed E-state index contributed by atoms with van der Waals surface area (Å²) in [6.07, 6.45) is 0.131. The molecule has 4 atom stereocenters. The van der Waals surface area contributed by atoms with Crippen LogP contribution in [0.4, 0.5) is 11.4 Å². The fourth-order valence-electron chi connectivity index (χ4n) is 4.39. The zero-order valence-electron chi connectivity index (χ0n) is 20.7. The molecule has 2 heterocycles. The van der Waals surface area contributed by atoms with E-state index in [1.54, 1.807) is 43.5 Å². The second-order valence-electron chi connectivity index (χ2n) is 8.89. The lowest BCUT2D eigenvalue weighted by Crippen LogP contribution is -2.72. The molecule has 0 saturated carbocycles. The van der Waals surface area contributed by atoms with Crippen LogP contribution >= 0.6 is 0 Å². The first-order chi connectivity index (χ1) is 17.9. The Bertz CT molecular complexity index is 1150. The average molecular weight is 510 g/mol. The first kappa shape index (κ1) is 26.0. The predicted octanol–water partition coefficient (Wildman–Crippen LogP) is 1.78. The molecule has 2 aliphatic heterocycles. The number of fused-ring (bicyclic) bond motifs is 1. The number of anilines is 2. The molecule has 11 nitrogen and oxygen atoms in total. The van der Waals surface area contributed by atoms with Gasteiger partial charge in [-0.1, -0.05) is 25.5 Å². The van der Waals surface area contributed by atoms with Gasteiger partial charge in [-0.2, -0.15) is 0 Å². The highest BCUT2D eigenvalue weighted by molar-refractivity contribution is 6.00. The van der Waals surface area contributed by atoms with Crippen molar-refractivity contribution in [2.45, 2.75) is 38.6 Å². The zero-order chi connectivity index (χ0) is 26.4. The Morgan fingerprint density at radius 3 is 2.54 bits per heavy atom. The smallest absolute Gasteiger partial charge is 0.338 e. The zero-order valence-corrected chi connectivity index (χ0v) is 20.7. The van der Waals surface area contributed by atoms with Crippen LogP contribution in [0.1, 0.15) is 36.5 Å². The van der Waals surface area contributed by atoms with Gasteiger partial charge >= 0.3 is 5.97 Å². The highest BCUT2D eigenvalue weighted by Gasteiger charge is 2.48. The Hall–Kier alpha value is -4.12. The van der Waals surface area contributed by atoms with Crippen LogP contribution < -0.4 is 31.3 Å². The third-order valence-corrected chi connectivity index (χ3v) is 6.31. The lowest BCUT2D eigenvalue weighted by atomic mass is 9.81. The van der Waals surface area contributed by atoms with Gasteiger partial charge in [0.05, 0.1) is 43.0 Å². The molecule has 2 aromatic rings. The maximum Gasteiger partial charge on any atom is 0.338 e. The third-order valence-electron chi connectivity index (χ3n) is 6.31. The van der Waals surface area contributed by atoms with Crippen molar-refractivity contribution in [1.82, 2.24) is 16.0 Å². The average Bonchev–Trinajstić information content (AvgIpc) is 2.88. The van der Waals surface area contributed by atoms with Crippen LogP contribution in [-0.4, -0.2) is 49.9 Å². The molecule has 2 saturated heterocycles. The van der Waals surface area contributed by atoms with Crippen LogP contribution in [0.15, 0.2) is 48.5 Å². The highest BCUT2D eigenvalue weighted by Crippen LogP contribution is 2.29. The number of benzene rings is 2. The Labute approximate surface area is 214 Å². The van der Waals surface area contributed by atoms with Gasteiger partial charge in [0.15, 0.2) is 6.29 Å². The van der Waals surface area contributed by atoms with Gasteiger partial charge in [-0.05, 0) is 42.8 Å². The molecule has 0 radical (unpaired) electrons. The van der Waals surface area contributed by atoms with Crippen LogP contribution in [0.5, 0.6) is 5.75 Å². The van der Waals surface area contributed by atoms with Crippen LogP contribution in [-0.2, 0) is 19.1 Å². The molecular weight excluding hydrogens is 478 g/mol.